The second-order valence-corrected chi connectivity index (χ2v) is 5.42. The van der Waals surface area contributed by atoms with E-state index in [1.54, 1.807) is 6.92 Å². The predicted octanol–water partition coefficient (Wildman–Crippen LogP) is 2.97. The second-order valence-electron chi connectivity index (χ2n) is 5.42. The van der Waals surface area contributed by atoms with Crippen molar-refractivity contribution < 1.29 is 27.5 Å². The molecule has 2 rings (SSSR count). The molecule has 116 valence electrons. The molecule has 0 radical (unpaired) electrons. The molecule has 0 aliphatic carbocycles. The third-order valence-electron chi connectivity index (χ3n) is 4.00. The molecule has 1 N–H and O–H groups in total. The zero-order chi connectivity index (χ0) is 15.8. The molecule has 1 aromatic carbocycles. The van der Waals surface area contributed by atoms with Crippen molar-refractivity contribution in [2.45, 2.75) is 26.1 Å². The molecule has 1 aliphatic heterocycles. The lowest BCUT2D eigenvalue weighted by Crippen LogP contribution is -2.47. The number of carbonyl (C=O) groups is 1. The Balaban J connectivity index is 2.17. The molecular formula is C14H15F4NO2. The van der Waals surface area contributed by atoms with Crippen molar-refractivity contribution in [3.8, 4) is 0 Å². The van der Waals surface area contributed by atoms with Crippen LogP contribution in [0.3, 0.4) is 0 Å². The quantitative estimate of drug-likeness (QED) is 0.873. The number of halogens is 4. The monoisotopic (exact) mass is 305 g/mol. The van der Waals surface area contributed by atoms with Crippen molar-refractivity contribution in [2.75, 3.05) is 13.1 Å². The summed E-state index contributed by atoms with van der Waals surface area (Å²) in [6.07, 6.45) is -5.25. The van der Waals surface area contributed by atoms with Crippen LogP contribution in [0.15, 0.2) is 18.2 Å². The summed E-state index contributed by atoms with van der Waals surface area (Å²) in [5.74, 6) is -2.25. The van der Waals surface area contributed by atoms with Crippen LogP contribution in [-0.2, 0) is 11.3 Å². The van der Waals surface area contributed by atoms with Crippen molar-refractivity contribution in [1.82, 2.24) is 4.90 Å². The minimum Gasteiger partial charge on any atom is -0.481 e. The van der Waals surface area contributed by atoms with Gasteiger partial charge in [-0.3, -0.25) is 9.69 Å². The standard InChI is InChI=1S/C14H15F4NO2/c1-9-6-11(15)3-2-10(9)7-19-5-4-13(8-19,12(20)21)14(16,17)18/h2-3,6H,4-5,7-8H2,1H3,(H,20,21). The molecule has 0 spiro atoms. The second kappa shape index (κ2) is 5.29. The van der Waals surface area contributed by atoms with E-state index in [2.05, 4.69) is 0 Å². The van der Waals surface area contributed by atoms with Gasteiger partial charge in [0.05, 0.1) is 0 Å². The Hall–Kier alpha value is -1.63. The van der Waals surface area contributed by atoms with Gasteiger partial charge in [0.2, 0.25) is 0 Å². The molecule has 3 nitrogen and oxygen atoms in total. The number of nitrogens with zero attached hydrogens (tertiary/aromatic N) is 1. The Morgan fingerprint density at radius 3 is 2.57 bits per heavy atom. The van der Waals surface area contributed by atoms with Crippen molar-refractivity contribution in [1.29, 1.82) is 0 Å². The summed E-state index contributed by atoms with van der Waals surface area (Å²) in [4.78, 5) is 12.5. The predicted molar refractivity (Wildman–Crippen MR) is 67.2 cm³/mol. The highest BCUT2D eigenvalue weighted by molar-refractivity contribution is 5.76. The number of hydrogen-bond donors (Lipinski definition) is 1. The first-order chi connectivity index (χ1) is 9.65. The number of benzene rings is 1. The average molecular weight is 305 g/mol. The van der Waals surface area contributed by atoms with Gasteiger partial charge in [-0.25, -0.2) is 4.39 Å². The first-order valence-corrected chi connectivity index (χ1v) is 6.43. The molecule has 1 aromatic rings. The van der Waals surface area contributed by atoms with Crippen LogP contribution in [0.2, 0.25) is 0 Å². The van der Waals surface area contributed by atoms with Gasteiger partial charge in [0.25, 0.3) is 0 Å². The van der Waals surface area contributed by atoms with Crippen molar-refractivity contribution in [2.24, 2.45) is 5.41 Å². The van der Waals surface area contributed by atoms with Gasteiger partial charge < -0.3 is 5.11 Å². The largest absolute Gasteiger partial charge is 0.481 e. The smallest absolute Gasteiger partial charge is 0.406 e. The number of carboxylic acids is 1. The van der Waals surface area contributed by atoms with Crippen LogP contribution in [0.5, 0.6) is 0 Å². The molecule has 0 saturated carbocycles. The van der Waals surface area contributed by atoms with Crippen LogP contribution in [0.25, 0.3) is 0 Å². The normalized spacial score (nSPS) is 23.5. The van der Waals surface area contributed by atoms with E-state index in [9.17, 15) is 22.4 Å². The van der Waals surface area contributed by atoms with Crippen molar-refractivity contribution in [3.05, 3.63) is 35.1 Å². The molecule has 0 amide bonds. The van der Waals surface area contributed by atoms with E-state index in [4.69, 9.17) is 5.11 Å². The first-order valence-electron chi connectivity index (χ1n) is 6.43. The highest BCUT2D eigenvalue weighted by Gasteiger charge is 2.63. The van der Waals surface area contributed by atoms with Crippen molar-refractivity contribution >= 4 is 5.97 Å². The van der Waals surface area contributed by atoms with Gasteiger partial charge in [-0.2, -0.15) is 13.2 Å². The Morgan fingerprint density at radius 2 is 2.10 bits per heavy atom. The summed E-state index contributed by atoms with van der Waals surface area (Å²) in [7, 11) is 0. The molecule has 1 saturated heterocycles. The number of aliphatic carboxylic acids is 1. The first kappa shape index (κ1) is 15.8. The summed E-state index contributed by atoms with van der Waals surface area (Å²) < 4.78 is 52.2. The van der Waals surface area contributed by atoms with Gasteiger partial charge in [-0.1, -0.05) is 6.07 Å². The number of hydrogen-bond acceptors (Lipinski definition) is 2. The van der Waals surface area contributed by atoms with Gasteiger partial charge in [0, 0.05) is 19.6 Å². The zero-order valence-electron chi connectivity index (χ0n) is 11.4. The highest BCUT2D eigenvalue weighted by Crippen LogP contribution is 2.46. The van der Waals surface area contributed by atoms with Crippen LogP contribution in [0.4, 0.5) is 17.6 Å². The third kappa shape index (κ3) is 2.88. The Kier molecular flexibility index (Phi) is 3.97. The lowest BCUT2D eigenvalue weighted by atomic mass is 9.86. The fourth-order valence-electron chi connectivity index (χ4n) is 2.63. The van der Waals surface area contributed by atoms with Crippen LogP contribution in [0.1, 0.15) is 17.5 Å². The molecule has 0 bridgehead atoms. The van der Waals surface area contributed by atoms with E-state index in [1.807, 2.05) is 0 Å². The number of rotatable bonds is 3. The van der Waals surface area contributed by atoms with Gasteiger partial charge >= 0.3 is 12.1 Å². The Bertz CT molecular complexity index is 558. The van der Waals surface area contributed by atoms with Gasteiger partial charge in [-0.05, 0) is 36.6 Å². The molecule has 1 unspecified atom stereocenters. The van der Waals surface area contributed by atoms with Crippen LogP contribution in [0, 0.1) is 18.2 Å². The van der Waals surface area contributed by atoms with E-state index < -0.39 is 36.3 Å². The van der Waals surface area contributed by atoms with Gasteiger partial charge in [0.15, 0.2) is 5.41 Å². The molecule has 1 aliphatic rings. The number of likely N-dealkylation sites (tertiary alicyclic amines) is 1. The molecule has 21 heavy (non-hydrogen) atoms. The van der Waals surface area contributed by atoms with E-state index in [0.717, 1.165) is 0 Å². The van der Waals surface area contributed by atoms with Crippen molar-refractivity contribution in [3.63, 3.8) is 0 Å². The minimum absolute atomic E-state index is 0.0443. The highest BCUT2D eigenvalue weighted by atomic mass is 19.4. The van der Waals surface area contributed by atoms with E-state index >= 15 is 0 Å². The zero-order valence-corrected chi connectivity index (χ0v) is 11.4. The number of alkyl halides is 3. The maximum Gasteiger partial charge on any atom is 0.406 e. The molecule has 0 aromatic heterocycles. The van der Waals surface area contributed by atoms with Crippen LogP contribution in [-0.4, -0.2) is 35.2 Å². The maximum absolute atomic E-state index is 13.1. The van der Waals surface area contributed by atoms with E-state index in [-0.39, 0.29) is 13.1 Å². The van der Waals surface area contributed by atoms with Gasteiger partial charge in [0.1, 0.15) is 5.82 Å². The third-order valence-corrected chi connectivity index (χ3v) is 4.00. The average Bonchev–Trinajstić information content (AvgIpc) is 2.77. The van der Waals surface area contributed by atoms with Crippen LogP contribution < -0.4 is 0 Å². The molecule has 7 heteroatoms. The van der Waals surface area contributed by atoms with Crippen LogP contribution >= 0.6 is 0 Å². The number of carboxylic acid groups (broad SMARTS) is 1. The van der Waals surface area contributed by atoms with Gasteiger partial charge in [-0.15, -0.1) is 0 Å². The summed E-state index contributed by atoms with van der Waals surface area (Å²) in [5.41, 5.74) is -1.38. The summed E-state index contributed by atoms with van der Waals surface area (Å²) in [5, 5.41) is 8.98. The summed E-state index contributed by atoms with van der Waals surface area (Å²) in [6, 6.07) is 4.06. The minimum atomic E-state index is -4.79. The lowest BCUT2D eigenvalue weighted by molar-refractivity contribution is -0.227. The number of aryl methyl sites for hydroxylation is 1. The summed E-state index contributed by atoms with van der Waals surface area (Å²) >= 11 is 0. The lowest BCUT2D eigenvalue weighted by Gasteiger charge is -2.27. The molecular weight excluding hydrogens is 290 g/mol. The maximum atomic E-state index is 13.1. The van der Waals surface area contributed by atoms with E-state index in [1.165, 1.54) is 23.1 Å². The topological polar surface area (TPSA) is 40.5 Å². The SMILES string of the molecule is Cc1cc(F)ccc1CN1CCC(C(=O)O)(C(F)(F)F)C1. The Labute approximate surface area is 119 Å². The molecule has 1 fully saturated rings. The molecule has 1 atom stereocenters. The summed E-state index contributed by atoms with van der Waals surface area (Å²) in [6.45, 7) is 1.31. The Morgan fingerprint density at radius 1 is 1.43 bits per heavy atom. The van der Waals surface area contributed by atoms with E-state index in [0.29, 0.717) is 11.1 Å². The fraction of sp³-hybridized carbons (Fsp3) is 0.500. The molecule has 1 heterocycles. The fourth-order valence-corrected chi connectivity index (χ4v) is 2.63.